The second-order valence-electron chi connectivity index (χ2n) is 3.83. The number of nitrogens with zero attached hydrogens (tertiary/aromatic N) is 1. The van der Waals surface area contributed by atoms with Gasteiger partial charge in [-0.1, -0.05) is 0 Å². The number of hydrogen-bond acceptors (Lipinski definition) is 7. The average Bonchev–Trinajstić information content (AvgIpc) is 2.31. The summed E-state index contributed by atoms with van der Waals surface area (Å²) >= 11 is -0.0845. The van der Waals surface area contributed by atoms with Crippen LogP contribution in [0.5, 0.6) is 0 Å². The molecular formula is C8H10N3NaO7S2. The Labute approximate surface area is 145 Å². The van der Waals surface area contributed by atoms with Crippen molar-refractivity contribution in [3.63, 3.8) is 0 Å². The molecule has 0 saturated carbocycles. The molecule has 1 saturated heterocycles. The summed E-state index contributed by atoms with van der Waals surface area (Å²) in [4.78, 5) is 33.9. The molecule has 3 amide bonds. The Morgan fingerprint density at radius 3 is 2.52 bits per heavy atom. The molecule has 0 spiro atoms. The van der Waals surface area contributed by atoms with E-state index in [1.54, 1.807) is 0 Å². The third-order valence-electron chi connectivity index (χ3n) is 2.39. The number of carbonyl (C=O) groups is 3. The van der Waals surface area contributed by atoms with Crippen LogP contribution in [-0.2, 0) is 35.9 Å². The third kappa shape index (κ3) is 5.48. The van der Waals surface area contributed by atoms with E-state index in [9.17, 15) is 31.6 Å². The van der Waals surface area contributed by atoms with Crippen molar-refractivity contribution < 1.29 is 61.1 Å². The molecule has 1 heterocycles. The largest absolute Gasteiger partial charge is 1.00 e. The molecule has 0 radical (unpaired) electrons. The van der Waals surface area contributed by atoms with Gasteiger partial charge in [0.15, 0.2) is 10.3 Å². The first-order chi connectivity index (χ1) is 9.16. The molecule has 21 heavy (non-hydrogen) atoms. The van der Waals surface area contributed by atoms with Crippen LogP contribution >= 0.6 is 0 Å². The molecule has 1 unspecified atom stereocenters. The number of amides is 3. The summed E-state index contributed by atoms with van der Waals surface area (Å²) in [6, 6.07) is -2.15. The molecule has 1 fully saturated rings. The summed E-state index contributed by atoms with van der Waals surface area (Å²) in [5.74, 6) is -2.55. The quantitative estimate of drug-likeness (QED) is 0.217. The number of rotatable bonds is 5. The van der Waals surface area contributed by atoms with Crippen molar-refractivity contribution >= 4 is 44.6 Å². The van der Waals surface area contributed by atoms with Crippen molar-refractivity contribution in [2.45, 2.75) is 19.0 Å². The summed E-state index contributed by atoms with van der Waals surface area (Å²) in [5, 5.41) is 5.04. The van der Waals surface area contributed by atoms with Gasteiger partial charge in [0.2, 0.25) is 5.91 Å². The molecule has 0 aromatic heterocycles. The molecule has 2 N–H and O–H groups in total. The summed E-state index contributed by atoms with van der Waals surface area (Å²) < 4.78 is 41.8. The van der Waals surface area contributed by atoms with Crippen molar-refractivity contribution in [2.24, 2.45) is 0 Å². The minimum absolute atomic E-state index is 0. The zero-order valence-electron chi connectivity index (χ0n) is 11.1. The predicted molar refractivity (Wildman–Crippen MR) is 65.2 cm³/mol. The van der Waals surface area contributed by atoms with Crippen LogP contribution in [0.15, 0.2) is 0 Å². The van der Waals surface area contributed by atoms with Crippen LogP contribution < -0.4 is 40.2 Å². The summed E-state index contributed by atoms with van der Waals surface area (Å²) in [5.41, 5.74) is 0. The molecule has 0 aliphatic carbocycles. The molecule has 0 aromatic carbocycles. The standard InChI is InChI=1S/C8H11N3O7S2.Na/c1-4(9-6(12)3-19-15)7(13)10-5-2-11(8(5)14)20(16,17)18;/h3-5H,2H2,1H3,(H,9,12)(H,10,13)(H,16,17,18);/q;+1/p-1/t4-,5?;/m1./s1. The van der Waals surface area contributed by atoms with Crippen molar-refractivity contribution in [3.8, 4) is 0 Å². The fourth-order valence-corrected chi connectivity index (χ4v) is 2.19. The smallest absolute Gasteiger partial charge is 0.731 e. The Balaban J connectivity index is 0.00000400. The average molecular weight is 347 g/mol. The third-order valence-corrected chi connectivity index (χ3v) is 3.57. The SMILES string of the molecule is C[C@@H](NC(=O)C=S=O)C(=O)NC1CN(S(=O)(=O)[O-])C1=O.[Na+]. The molecule has 0 aromatic rings. The van der Waals surface area contributed by atoms with Crippen LogP contribution in [0.1, 0.15) is 6.92 Å². The number of hydrogen-bond donors (Lipinski definition) is 2. The monoisotopic (exact) mass is 347 g/mol. The summed E-state index contributed by atoms with van der Waals surface area (Å²) in [6.45, 7) is 0.863. The van der Waals surface area contributed by atoms with Gasteiger partial charge in [0.05, 0.1) is 23.2 Å². The van der Waals surface area contributed by atoms with Crippen LogP contribution in [0.4, 0.5) is 0 Å². The van der Waals surface area contributed by atoms with E-state index in [4.69, 9.17) is 0 Å². The van der Waals surface area contributed by atoms with Crippen molar-refractivity contribution in [1.82, 2.24) is 14.9 Å². The van der Waals surface area contributed by atoms with E-state index in [2.05, 4.69) is 10.6 Å². The van der Waals surface area contributed by atoms with E-state index in [-0.39, 0.29) is 45.1 Å². The van der Waals surface area contributed by atoms with Crippen LogP contribution in [0.2, 0.25) is 0 Å². The van der Waals surface area contributed by atoms with E-state index in [1.165, 1.54) is 6.92 Å². The van der Waals surface area contributed by atoms with E-state index in [0.717, 1.165) is 0 Å². The van der Waals surface area contributed by atoms with E-state index in [1.807, 2.05) is 0 Å². The van der Waals surface area contributed by atoms with E-state index >= 15 is 0 Å². The molecule has 1 rings (SSSR count). The topological polar surface area (TPSA) is 153 Å². The fraction of sp³-hybridized carbons (Fsp3) is 0.500. The molecule has 10 nitrogen and oxygen atoms in total. The molecule has 112 valence electrons. The zero-order chi connectivity index (χ0) is 15.5. The molecule has 2 atom stereocenters. The number of β-lactam (4-membered cyclic amide) rings is 1. The van der Waals surface area contributed by atoms with E-state index in [0.29, 0.717) is 5.37 Å². The van der Waals surface area contributed by atoms with E-state index < -0.39 is 46.7 Å². The van der Waals surface area contributed by atoms with Gasteiger partial charge in [-0.15, -0.1) is 0 Å². The van der Waals surface area contributed by atoms with Crippen molar-refractivity contribution in [2.75, 3.05) is 6.54 Å². The molecular weight excluding hydrogens is 337 g/mol. The number of carbonyl (C=O) groups excluding carboxylic acids is 3. The summed E-state index contributed by atoms with van der Waals surface area (Å²) in [6.07, 6.45) is 0. The first kappa shape index (κ1) is 20.2. The minimum Gasteiger partial charge on any atom is -0.731 e. The normalized spacial score (nSPS) is 18.7. The van der Waals surface area contributed by atoms with Gasteiger partial charge in [-0.25, -0.2) is 16.9 Å². The minimum atomic E-state index is -4.86. The molecule has 1 aliphatic rings. The van der Waals surface area contributed by atoms with Gasteiger partial charge >= 0.3 is 29.6 Å². The Bertz CT molecular complexity index is 601. The Kier molecular flexibility index (Phi) is 7.70. The number of nitrogens with one attached hydrogen (secondary N) is 2. The van der Waals surface area contributed by atoms with Crippen LogP contribution in [0.3, 0.4) is 0 Å². The van der Waals surface area contributed by atoms with Gasteiger partial charge in [0, 0.05) is 0 Å². The van der Waals surface area contributed by atoms with Crippen molar-refractivity contribution in [1.29, 1.82) is 0 Å². The second-order valence-corrected chi connectivity index (χ2v) is 5.56. The first-order valence-electron chi connectivity index (χ1n) is 5.17. The Morgan fingerprint density at radius 2 is 2.10 bits per heavy atom. The molecule has 13 heteroatoms. The van der Waals surface area contributed by atoms with Crippen LogP contribution in [-0.4, -0.2) is 63.2 Å². The van der Waals surface area contributed by atoms with Gasteiger partial charge in [-0.2, -0.15) is 0 Å². The van der Waals surface area contributed by atoms with Gasteiger partial charge in [-0.05, 0) is 6.92 Å². The van der Waals surface area contributed by atoms with Crippen LogP contribution in [0.25, 0.3) is 0 Å². The Hall–Kier alpha value is -0.790. The predicted octanol–water partition coefficient (Wildman–Crippen LogP) is -6.70. The van der Waals surface area contributed by atoms with Crippen LogP contribution in [0, 0.1) is 0 Å². The van der Waals surface area contributed by atoms with Gasteiger partial charge < -0.3 is 15.2 Å². The first-order valence-corrected chi connectivity index (χ1v) is 7.34. The zero-order valence-corrected chi connectivity index (χ0v) is 14.7. The van der Waals surface area contributed by atoms with Gasteiger partial charge in [0.1, 0.15) is 12.1 Å². The van der Waals surface area contributed by atoms with Gasteiger partial charge in [-0.3, -0.25) is 14.4 Å². The second kappa shape index (κ2) is 8.00. The maximum absolute atomic E-state index is 11.6. The maximum atomic E-state index is 11.6. The van der Waals surface area contributed by atoms with Gasteiger partial charge in [0.25, 0.3) is 11.8 Å². The Morgan fingerprint density at radius 1 is 1.52 bits per heavy atom. The molecule has 1 aliphatic heterocycles. The fourth-order valence-electron chi connectivity index (χ4n) is 1.36. The summed E-state index contributed by atoms with van der Waals surface area (Å²) in [7, 11) is -4.86. The molecule has 0 bridgehead atoms. The maximum Gasteiger partial charge on any atom is 1.00 e. The van der Waals surface area contributed by atoms with Crippen molar-refractivity contribution in [3.05, 3.63) is 0 Å².